The van der Waals surface area contributed by atoms with Crippen molar-refractivity contribution in [3.8, 4) is 21.9 Å². The van der Waals surface area contributed by atoms with Gasteiger partial charge in [0.2, 0.25) is 5.43 Å². The van der Waals surface area contributed by atoms with Gasteiger partial charge in [-0.1, -0.05) is 29.5 Å². The first-order chi connectivity index (χ1) is 11.8. The molecule has 0 spiro atoms. The lowest BCUT2D eigenvalue weighted by molar-refractivity contribution is -0.274. The van der Waals surface area contributed by atoms with Crippen LogP contribution in [0.25, 0.3) is 21.2 Å². The highest BCUT2D eigenvalue weighted by atomic mass is 32.1. The molecule has 0 aliphatic carbocycles. The Kier molecular flexibility index (Phi) is 4.22. The van der Waals surface area contributed by atoms with Gasteiger partial charge < -0.3 is 9.84 Å². The third kappa shape index (κ3) is 3.48. The van der Waals surface area contributed by atoms with E-state index in [0.29, 0.717) is 22.1 Å². The molecule has 1 N–H and O–H groups in total. The van der Waals surface area contributed by atoms with Gasteiger partial charge in [-0.15, -0.1) is 13.2 Å². The van der Waals surface area contributed by atoms with Crippen molar-refractivity contribution >= 4 is 27.7 Å². The van der Waals surface area contributed by atoms with Crippen LogP contribution in [0.4, 0.5) is 13.2 Å². The molecule has 0 fully saturated rings. The molecule has 8 heteroatoms. The summed E-state index contributed by atoms with van der Waals surface area (Å²) in [5, 5.41) is 9.58. The van der Waals surface area contributed by atoms with Gasteiger partial charge in [-0.3, -0.25) is 9.59 Å². The number of aromatic hydroxyl groups is 1. The highest BCUT2D eigenvalue weighted by Crippen LogP contribution is 2.31. The minimum absolute atomic E-state index is 0.248. The van der Waals surface area contributed by atoms with E-state index in [1.54, 1.807) is 12.1 Å². The molecule has 0 radical (unpaired) electrons. The Morgan fingerprint density at radius 3 is 2.28 bits per heavy atom. The third-order valence-corrected chi connectivity index (χ3v) is 4.43. The Morgan fingerprint density at radius 2 is 1.68 bits per heavy atom. The summed E-state index contributed by atoms with van der Waals surface area (Å²) in [4.78, 5) is 23.2. The van der Waals surface area contributed by atoms with Crippen molar-refractivity contribution in [2.24, 2.45) is 0 Å². The second-order valence-electron chi connectivity index (χ2n) is 5.05. The van der Waals surface area contributed by atoms with Crippen LogP contribution in [0.5, 0.6) is 10.8 Å². The number of benzene rings is 2. The molecule has 0 aliphatic rings. The van der Waals surface area contributed by atoms with Crippen LogP contribution in [0.3, 0.4) is 0 Å². The average Bonchev–Trinajstić information content (AvgIpc) is 2.54. The van der Waals surface area contributed by atoms with Crippen molar-refractivity contribution < 1.29 is 27.8 Å². The summed E-state index contributed by atoms with van der Waals surface area (Å²) in [5.74, 6) is -0.350. The van der Waals surface area contributed by atoms with Crippen molar-refractivity contribution in [2.45, 2.75) is 6.36 Å². The van der Waals surface area contributed by atoms with Gasteiger partial charge in [0.1, 0.15) is 11.3 Å². The number of fused-ring (bicyclic) bond motifs is 1. The fourth-order valence-corrected chi connectivity index (χ4v) is 3.19. The van der Waals surface area contributed by atoms with E-state index in [4.69, 9.17) is 0 Å². The molecule has 0 aliphatic heterocycles. The average molecular weight is 366 g/mol. The normalized spacial score (nSPS) is 11.5. The summed E-state index contributed by atoms with van der Waals surface area (Å²) in [5.41, 5.74) is 0.239. The molecule has 3 aromatic rings. The van der Waals surface area contributed by atoms with Crippen LogP contribution in [-0.4, -0.2) is 17.8 Å². The molecule has 0 unspecified atom stereocenters. The van der Waals surface area contributed by atoms with E-state index >= 15 is 0 Å². The molecule has 0 atom stereocenters. The second kappa shape index (κ2) is 6.21. The molecule has 0 saturated carbocycles. The molecule has 3 rings (SSSR count). The van der Waals surface area contributed by atoms with Crippen LogP contribution in [0.15, 0.2) is 47.3 Å². The molecule has 0 bridgehead atoms. The first-order valence-electron chi connectivity index (χ1n) is 6.89. The van der Waals surface area contributed by atoms with Gasteiger partial charge in [-0.2, -0.15) is 0 Å². The first-order valence-corrected chi connectivity index (χ1v) is 7.71. The van der Waals surface area contributed by atoms with Gasteiger partial charge in [0.15, 0.2) is 11.3 Å². The Hall–Kier alpha value is -2.87. The predicted octanol–water partition coefficient (Wildman–Crippen LogP) is 4.35. The van der Waals surface area contributed by atoms with E-state index in [2.05, 4.69) is 4.74 Å². The number of hydrogen-bond acceptors (Lipinski definition) is 5. The number of alkyl halides is 3. The van der Waals surface area contributed by atoms with Crippen molar-refractivity contribution in [2.75, 3.05) is 0 Å². The molecule has 0 saturated heterocycles. The van der Waals surface area contributed by atoms with E-state index in [-0.39, 0.29) is 21.8 Å². The minimum atomic E-state index is -4.77. The van der Waals surface area contributed by atoms with Crippen molar-refractivity contribution in [3.05, 3.63) is 58.3 Å². The standard InChI is InChI=1S/C17H9F3O4S/c18-17(19,20)24-11-4-1-9(2-5-11)10-3-6-14-12(7-10)15(22)13(8-21)16(23)25-14/h1-8,23H. The number of rotatable bonds is 3. The summed E-state index contributed by atoms with van der Waals surface area (Å²) in [7, 11) is 0. The third-order valence-electron chi connectivity index (χ3n) is 3.44. The van der Waals surface area contributed by atoms with E-state index < -0.39 is 11.8 Å². The maximum Gasteiger partial charge on any atom is 0.573 e. The van der Waals surface area contributed by atoms with Crippen LogP contribution in [0.2, 0.25) is 0 Å². The molecule has 4 nitrogen and oxygen atoms in total. The van der Waals surface area contributed by atoms with Crippen molar-refractivity contribution in [1.82, 2.24) is 0 Å². The predicted molar refractivity (Wildman–Crippen MR) is 87.3 cm³/mol. The van der Waals surface area contributed by atoms with E-state index in [1.807, 2.05) is 0 Å². The molecular weight excluding hydrogens is 357 g/mol. The molecule has 128 valence electrons. The number of hydrogen-bond donors (Lipinski definition) is 1. The lowest BCUT2D eigenvalue weighted by Crippen LogP contribution is -2.16. The maximum absolute atomic E-state index is 12.2. The molecule has 1 aromatic heterocycles. The molecule has 1 heterocycles. The van der Waals surface area contributed by atoms with Gasteiger partial charge in [0, 0.05) is 10.1 Å². The Balaban J connectivity index is 2.04. The number of carbonyl (C=O) groups is 1. The fraction of sp³-hybridized carbons (Fsp3) is 0.0588. The Labute approximate surface area is 142 Å². The number of carbonyl (C=O) groups excluding carboxylic acids is 1. The zero-order valence-electron chi connectivity index (χ0n) is 12.3. The number of halogens is 3. The van der Waals surface area contributed by atoms with Gasteiger partial charge in [0.25, 0.3) is 0 Å². The minimum Gasteiger partial charge on any atom is -0.499 e. The highest BCUT2D eigenvalue weighted by molar-refractivity contribution is 7.20. The first kappa shape index (κ1) is 17.0. The van der Waals surface area contributed by atoms with E-state index in [0.717, 1.165) is 11.3 Å². The van der Waals surface area contributed by atoms with Crippen LogP contribution < -0.4 is 10.2 Å². The zero-order chi connectivity index (χ0) is 18.2. The van der Waals surface area contributed by atoms with Gasteiger partial charge in [-0.05, 0) is 35.4 Å². The molecule has 0 amide bonds. The van der Waals surface area contributed by atoms with Crippen molar-refractivity contribution in [1.29, 1.82) is 0 Å². The van der Waals surface area contributed by atoms with Crippen LogP contribution in [0.1, 0.15) is 10.4 Å². The fourth-order valence-electron chi connectivity index (χ4n) is 2.33. The molecule has 2 aromatic carbocycles. The molecule has 25 heavy (non-hydrogen) atoms. The summed E-state index contributed by atoms with van der Waals surface area (Å²) in [6, 6.07) is 9.99. The van der Waals surface area contributed by atoms with Gasteiger partial charge in [0.05, 0.1) is 0 Å². The van der Waals surface area contributed by atoms with Crippen LogP contribution >= 0.6 is 11.3 Å². The monoisotopic (exact) mass is 366 g/mol. The quantitative estimate of drug-likeness (QED) is 0.700. The van der Waals surface area contributed by atoms with E-state index in [1.165, 1.54) is 30.3 Å². The highest BCUT2D eigenvalue weighted by Gasteiger charge is 2.30. The van der Waals surface area contributed by atoms with E-state index in [9.17, 15) is 27.9 Å². The van der Waals surface area contributed by atoms with Gasteiger partial charge in [-0.25, -0.2) is 0 Å². The van der Waals surface area contributed by atoms with Gasteiger partial charge >= 0.3 is 6.36 Å². The lowest BCUT2D eigenvalue weighted by Gasteiger charge is -2.09. The summed E-state index contributed by atoms with van der Waals surface area (Å²) < 4.78 is 40.9. The van der Waals surface area contributed by atoms with Crippen LogP contribution in [-0.2, 0) is 0 Å². The summed E-state index contributed by atoms with van der Waals surface area (Å²) in [6.45, 7) is 0. The smallest absolute Gasteiger partial charge is 0.499 e. The zero-order valence-corrected chi connectivity index (χ0v) is 13.1. The summed E-state index contributed by atoms with van der Waals surface area (Å²) >= 11 is 0.899. The largest absolute Gasteiger partial charge is 0.573 e. The molecular formula is C17H9F3O4S. The summed E-state index contributed by atoms with van der Waals surface area (Å²) in [6.07, 6.45) is -4.47. The second-order valence-corrected chi connectivity index (χ2v) is 6.08. The SMILES string of the molecule is O=Cc1c(O)sc2ccc(-c3ccc(OC(F)(F)F)cc3)cc2c1=O. The Morgan fingerprint density at radius 1 is 1.04 bits per heavy atom. The lowest BCUT2D eigenvalue weighted by atomic mass is 10.0. The maximum atomic E-state index is 12.2. The number of ether oxygens (including phenoxy) is 1. The van der Waals surface area contributed by atoms with Crippen LogP contribution in [0, 0.1) is 0 Å². The van der Waals surface area contributed by atoms with Crippen molar-refractivity contribution in [3.63, 3.8) is 0 Å². The number of aldehydes is 1. The topological polar surface area (TPSA) is 63.6 Å². The Bertz CT molecular complexity index is 1010.